The number of hydrogen-bond acceptors (Lipinski definition) is 0. The van der Waals surface area contributed by atoms with E-state index in [9.17, 15) is 0 Å². The summed E-state index contributed by atoms with van der Waals surface area (Å²) in [7, 11) is 0. The van der Waals surface area contributed by atoms with Gasteiger partial charge in [-0.15, -0.1) is 0 Å². The first-order valence-electron chi connectivity index (χ1n) is 6.25. The van der Waals surface area contributed by atoms with Crippen molar-refractivity contribution in [2.75, 3.05) is 0 Å². The maximum absolute atomic E-state index is 2.24. The van der Waals surface area contributed by atoms with E-state index in [0.717, 1.165) is 6.42 Å². The monoisotopic (exact) mass is 220 g/mol. The maximum atomic E-state index is 2.24. The van der Waals surface area contributed by atoms with Gasteiger partial charge in [0.25, 0.3) is 0 Å². The van der Waals surface area contributed by atoms with Crippen LogP contribution in [0.25, 0.3) is 22.8 Å². The molecule has 0 bridgehead atoms. The largest absolute Gasteiger partial charge is 0.0798 e. The Bertz CT molecular complexity index is 690. The summed E-state index contributed by atoms with van der Waals surface area (Å²) in [5.41, 5.74) is 5.69. The Morgan fingerprint density at radius 2 is 1.59 bits per heavy atom. The van der Waals surface area contributed by atoms with Crippen molar-refractivity contribution in [1.82, 2.24) is 0 Å². The Kier molecular flexibility index (Phi) is 2.36. The highest BCUT2D eigenvalue weighted by atomic mass is 14.2. The van der Waals surface area contributed by atoms with Crippen LogP contribution in [0.3, 0.4) is 0 Å². The van der Waals surface area contributed by atoms with Crippen molar-refractivity contribution in [1.29, 1.82) is 0 Å². The predicted octanol–water partition coefficient (Wildman–Crippen LogP) is 3.08. The topological polar surface area (TPSA) is 0 Å². The standard InChI is InChI=1S/C17H16/c1-3-12-8-7-11-16-15-10-6-5-9-14(15)13(4-2)17(12)16/h3,5-11H,4H2,1-2H3/b12-3-. The molecular weight excluding hydrogens is 204 g/mol. The van der Waals surface area contributed by atoms with Crippen LogP contribution in [-0.2, 0) is 0 Å². The zero-order valence-corrected chi connectivity index (χ0v) is 10.3. The van der Waals surface area contributed by atoms with Crippen molar-refractivity contribution < 1.29 is 0 Å². The molecule has 0 heterocycles. The number of fused-ring (bicyclic) bond motifs is 3. The third-order valence-electron chi connectivity index (χ3n) is 3.61. The fourth-order valence-corrected chi connectivity index (χ4v) is 2.86. The van der Waals surface area contributed by atoms with E-state index < -0.39 is 0 Å². The minimum Gasteiger partial charge on any atom is -0.0798 e. The molecule has 0 spiro atoms. The first-order valence-corrected chi connectivity index (χ1v) is 6.25. The maximum Gasteiger partial charge on any atom is -0.00703 e. The summed E-state index contributed by atoms with van der Waals surface area (Å²) in [6, 6.07) is 15.3. The average Bonchev–Trinajstić information content (AvgIpc) is 2.72. The minimum atomic E-state index is 1.09. The lowest BCUT2D eigenvalue weighted by atomic mass is 10.0. The van der Waals surface area contributed by atoms with Crippen LogP contribution in [0, 0.1) is 0 Å². The summed E-state index contributed by atoms with van der Waals surface area (Å²) in [4.78, 5) is 0. The highest BCUT2D eigenvalue weighted by molar-refractivity contribution is 5.89. The normalized spacial score (nSPS) is 13.8. The fourth-order valence-electron chi connectivity index (χ4n) is 2.86. The highest BCUT2D eigenvalue weighted by Crippen LogP contribution is 2.31. The SMILES string of the molecule is C/C=c1/cccc2c1=C(CC)c1ccccc1-2. The lowest BCUT2D eigenvalue weighted by Crippen LogP contribution is -2.26. The molecule has 0 fully saturated rings. The van der Waals surface area contributed by atoms with E-state index in [1.165, 1.54) is 32.7 Å². The van der Waals surface area contributed by atoms with E-state index in [-0.39, 0.29) is 0 Å². The number of benzene rings is 2. The van der Waals surface area contributed by atoms with Gasteiger partial charge in [-0.1, -0.05) is 55.5 Å². The molecule has 0 saturated carbocycles. The van der Waals surface area contributed by atoms with Crippen LogP contribution in [0.4, 0.5) is 0 Å². The lowest BCUT2D eigenvalue weighted by Gasteiger charge is -2.02. The first-order chi connectivity index (χ1) is 8.36. The van der Waals surface area contributed by atoms with Gasteiger partial charge in [-0.25, -0.2) is 0 Å². The Balaban J connectivity index is 2.54. The highest BCUT2D eigenvalue weighted by Gasteiger charge is 2.17. The van der Waals surface area contributed by atoms with E-state index in [1.54, 1.807) is 0 Å². The molecule has 0 heteroatoms. The van der Waals surface area contributed by atoms with Crippen molar-refractivity contribution in [2.24, 2.45) is 0 Å². The summed E-state index contributed by atoms with van der Waals surface area (Å²) in [6.07, 6.45) is 3.30. The predicted molar refractivity (Wildman–Crippen MR) is 74.1 cm³/mol. The molecule has 17 heavy (non-hydrogen) atoms. The van der Waals surface area contributed by atoms with Crippen molar-refractivity contribution >= 4 is 11.6 Å². The van der Waals surface area contributed by atoms with Crippen LogP contribution in [0.1, 0.15) is 25.8 Å². The van der Waals surface area contributed by atoms with Gasteiger partial charge in [0.05, 0.1) is 0 Å². The lowest BCUT2D eigenvalue weighted by molar-refractivity contribution is 1.23. The number of hydrogen-bond donors (Lipinski definition) is 0. The van der Waals surface area contributed by atoms with Crippen molar-refractivity contribution in [3.8, 4) is 11.1 Å². The smallest absolute Gasteiger partial charge is 0.00703 e. The Morgan fingerprint density at radius 1 is 0.882 bits per heavy atom. The van der Waals surface area contributed by atoms with Crippen molar-refractivity contribution in [3.63, 3.8) is 0 Å². The molecule has 0 nitrogen and oxygen atoms in total. The Labute approximate surface area is 102 Å². The molecule has 0 aromatic heterocycles. The molecule has 84 valence electrons. The van der Waals surface area contributed by atoms with Crippen LogP contribution < -0.4 is 10.4 Å². The van der Waals surface area contributed by atoms with Gasteiger partial charge in [-0.3, -0.25) is 0 Å². The molecule has 0 radical (unpaired) electrons. The molecule has 0 saturated heterocycles. The molecule has 1 aliphatic rings. The molecule has 0 N–H and O–H groups in total. The third kappa shape index (κ3) is 1.37. The molecule has 0 atom stereocenters. The van der Waals surface area contributed by atoms with Gasteiger partial charge in [0.1, 0.15) is 0 Å². The average molecular weight is 220 g/mol. The second-order valence-electron chi connectivity index (χ2n) is 4.44. The van der Waals surface area contributed by atoms with Gasteiger partial charge in [-0.2, -0.15) is 0 Å². The molecule has 3 rings (SSSR count). The van der Waals surface area contributed by atoms with Gasteiger partial charge < -0.3 is 0 Å². The molecule has 0 amide bonds. The molecular formula is C17H16. The van der Waals surface area contributed by atoms with Crippen molar-refractivity contribution in [2.45, 2.75) is 20.3 Å². The third-order valence-corrected chi connectivity index (χ3v) is 3.61. The molecule has 1 aliphatic carbocycles. The molecule has 0 unspecified atom stereocenters. The summed E-state index contributed by atoms with van der Waals surface area (Å²) in [5, 5.41) is 2.80. The molecule has 2 aromatic rings. The molecule has 2 aromatic carbocycles. The first kappa shape index (κ1) is 10.3. The second-order valence-corrected chi connectivity index (χ2v) is 4.44. The zero-order chi connectivity index (χ0) is 11.8. The summed E-state index contributed by atoms with van der Waals surface area (Å²) in [5.74, 6) is 0. The van der Waals surface area contributed by atoms with E-state index >= 15 is 0 Å². The summed E-state index contributed by atoms with van der Waals surface area (Å²) < 4.78 is 0. The van der Waals surface area contributed by atoms with Crippen LogP contribution in [0.2, 0.25) is 0 Å². The summed E-state index contributed by atoms with van der Waals surface area (Å²) in [6.45, 7) is 4.36. The Morgan fingerprint density at radius 3 is 2.29 bits per heavy atom. The van der Waals surface area contributed by atoms with E-state index in [0.29, 0.717) is 0 Å². The van der Waals surface area contributed by atoms with Gasteiger partial charge in [0.15, 0.2) is 0 Å². The zero-order valence-electron chi connectivity index (χ0n) is 10.3. The van der Waals surface area contributed by atoms with Crippen LogP contribution in [0.15, 0.2) is 42.5 Å². The van der Waals surface area contributed by atoms with Crippen LogP contribution in [-0.4, -0.2) is 0 Å². The van der Waals surface area contributed by atoms with Gasteiger partial charge in [0.2, 0.25) is 0 Å². The van der Waals surface area contributed by atoms with Crippen molar-refractivity contribution in [3.05, 3.63) is 58.5 Å². The van der Waals surface area contributed by atoms with Crippen LogP contribution >= 0.6 is 0 Å². The van der Waals surface area contributed by atoms with Gasteiger partial charge >= 0.3 is 0 Å². The molecule has 0 aliphatic heterocycles. The number of rotatable bonds is 1. The summed E-state index contributed by atoms with van der Waals surface area (Å²) >= 11 is 0. The second kappa shape index (κ2) is 3.89. The van der Waals surface area contributed by atoms with E-state index in [1.807, 2.05) is 0 Å². The fraction of sp³-hybridized carbons (Fsp3) is 0.176. The van der Waals surface area contributed by atoms with Gasteiger partial charge in [0, 0.05) is 0 Å². The Hall–Kier alpha value is -1.82. The quantitative estimate of drug-likeness (QED) is 0.693. The van der Waals surface area contributed by atoms with Gasteiger partial charge in [-0.05, 0) is 46.0 Å². The van der Waals surface area contributed by atoms with E-state index in [4.69, 9.17) is 0 Å². The van der Waals surface area contributed by atoms with E-state index in [2.05, 4.69) is 62.4 Å². The minimum absolute atomic E-state index is 1.09. The van der Waals surface area contributed by atoms with Crippen LogP contribution in [0.5, 0.6) is 0 Å².